The summed E-state index contributed by atoms with van der Waals surface area (Å²) in [4.78, 5) is 0. The second-order valence-corrected chi connectivity index (χ2v) is 5.67. The normalized spacial score (nSPS) is 22.4. The zero-order valence-electron chi connectivity index (χ0n) is 10.5. The molecule has 1 fully saturated rings. The van der Waals surface area contributed by atoms with E-state index in [-0.39, 0.29) is 0 Å². The first kappa shape index (κ1) is 11.9. The summed E-state index contributed by atoms with van der Waals surface area (Å²) in [5.74, 6) is 0. The first-order chi connectivity index (χ1) is 7.45. The molecule has 0 spiro atoms. The summed E-state index contributed by atoms with van der Waals surface area (Å²) in [6.07, 6.45) is 1.25. The minimum atomic E-state index is 0.457. The summed E-state index contributed by atoms with van der Waals surface area (Å²) in [7, 11) is 0. The molecule has 4 heteroatoms. The molecule has 1 aliphatic rings. The first-order valence-electron chi connectivity index (χ1n) is 5.91. The molecule has 3 nitrogen and oxygen atoms in total. The Morgan fingerprint density at radius 3 is 2.69 bits per heavy atom. The molecule has 90 valence electrons. The molecule has 1 unspecified atom stereocenters. The van der Waals surface area contributed by atoms with Gasteiger partial charge in [0.05, 0.1) is 16.4 Å². The number of aryl methyl sites for hydroxylation is 2. The summed E-state index contributed by atoms with van der Waals surface area (Å²) in [5.41, 5.74) is 2.50. The summed E-state index contributed by atoms with van der Waals surface area (Å²) >= 11 is 6.24. The average Bonchev–Trinajstić information content (AvgIpc) is 2.73. The van der Waals surface area contributed by atoms with Crippen molar-refractivity contribution in [1.29, 1.82) is 0 Å². The van der Waals surface area contributed by atoms with Gasteiger partial charge in [-0.2, -0.15) is 5.10 Å². The third kappa shape index (κ3) is 2.11. The van der Waals surface area contributed by atoms with E-state index < -0.39 is 0 Å². The van der Waals surface area contributed by atoms with Gasteiger partial charge in [-0.25, -0.2) is 0 Å². The van der Waals surface area contributed by atoms with Crippen molar-refractivity contribution in [1.82, 2.24) is 15.1 Å². The van der Waals surface area contributed by atoms with Crippen LogP contribution in [0, 0.1) is 12.3 Å². The van der Waals surface area contributed by atoms with Gasteiger partial charge in [-0.3, -0.25) is 4.68 Å². The molecule has 0 aliphatic heterocycles. The summed E-state index contributed by atoms with van der Waals surface area (Å²) in [5, 5.41) is 8.77. The minimum absolute atomic E-state index is 0.457. The summed E-state index contributed by atoms with van der Waals surface area (Å²) < 4.78 is 1.99. The Hall–Kier alpha value is -0.540. The SMILES string of the molecule is CCn1nc(C)c(Cl)c1CNC1CC1(C)C. The van der Waals surface area contributed by atoms with Crippen LogP contribution in [0.4, 0.5) is 0 Å². The average molecular weight is 242 g/mol. The predicted octanol–water partition coefficient (Wildman–Crippen LogP) is 2.75. The molecule has 2 rings (SSSR count). The highest BCUT2D eigenvalue weighted by molar-refractivity contribution is 6.31. The lowest BCUT2D eigenvalue weighted by Gasteiger charge is -2.08. The lowest BCUT2D eigenvalue weighted by Crippen LogP contribution is -2.22. The predicted molar refractivity (Wildman–Crippen MR) is 66.7 cm³/mol. The molecule has 0 bridgehead atoms. The van der Waals surface area contributed by atoms with Crippen molar-refractivity contribution < 1.29 is 0 Å². The lowest BCUT2D eigenvalue weighted by atomic mass is 10.2. The summed E-state index contributed by atoms with van der Waals surface area (Å²) in [6.45, 7) is 10.3. The number of halogens is 1. The van der Waals surface area contributed by atoms with E-state index in [1.54, 1.807) is 0 Å². The van der Waals surface area contributed by atoms with Crippen LogP contribution in [0.2, 0.25) is 5.02 Å². The van der Waals surface area contributed by atoms with Gasteiger partial charge in [0, 0.05) is 19.1 Å². The monoisotopic (exact) mass is 241 g/mol. The number of nitrogens with one attached hydrogen (secondary N) is 1. The third-order valence-electron chi connectivity index (χ3n) is 3.48. The standard InChI is InChI=1S/C12H20ClN3/c1-5-16-9(11(13)8(2)15-16)7-14-10-6-12(10,3)4/h10,14H,5-7H2,1-4H3. The van der Waals surface area contributed by atoms with E-state index in [4.69, 9.17) is 11.6 Å². The highest BCUT2D eigenvalue weighted by Gasteiger charge is 2.45. The number of aromatic nitrogens is 2. The van der Waals surface area contributed by atoms with Crippen LogP contribution in [0.3, 0.4) is 0 Å². The van der Waals surface area contributed by atoms with Crippen LogP contribution in [0.1, 0.15) is 38.6 Å². The Kier molecular flexibility index (Phi) is 3.01. The van der Waals surface area contributed by atoms with Gasteiger partial charge < -0.3 is 5.32 Å². The Balaban J connectivity index is 2.03. The zero-order valence-corrected chi connectivity index (χ0v) is 11.2. The van der Waals surface area contributed by atoms with Gasteiger partial charge in [0.25, 0.3) is 0 Å². The van der Waals surface area contributed by atoms with Crippen LogP contribution < -0.4 is 5.32 Å². The van der Waals surface area contributed by atoms with Crippen LogP contribution in [-0.2, 0) is 13.1 Å². The fraction of sp³-hybridized carbons (Fsp3) is 0.750. The number of hydrogen-bond donors (Lipinski definition) is 1. The maximum absolute atomic E-state index is 6.24. The Bertz CT molecular complexity index is 395. The van der Waals surface area contributed by atoms with Gasteiger partial charge in [-0.15, -0.1) is 0 Å². The van der Waals surface area contributed by atoms with E-state index in [2.05, 4.69) is 31.2 Å². The molecule has 1 saturated carbocycles. The molecular formula is C12H20ClN3. The highest BCUT2D eigenvalue weighted by Crippen LogP contribution is 2.44. The molecule has 0 radical (unpaired) electrons. The third-order valence-corrected chi connectivity index (χ3v) is 3.97. The molecule has 1 aromatic heterocycles. The maximum Gasteiger partial charge on any atom is 0.0860 e. The topological polar surface area (TPSA) is 29.9 Å². The van der Waals surface area contributed by atoms with E-state index >= 15 is 0 Å². The van der Waals surface area contributed by atoms with Crippen LogP contribution >= 0.6 is 11.6 Å². The quantitative estimate of drug-likeness (QED) is 0.879. The van der Waals surface area contributed by atoms with Crippen LogP contribution in [0.5, 0.6) is 0 Å². The van der Waals surface area contributed by atoms with E-state index in [0.717, 1.165) is 29.5 Å². The van der Waals surface area contributed by atoms with Gasteiger partial charge in [0.15, 0.2) is 0 Å². The fourth-order valence-corrected chi connectivity index (χ4v) is 2.28. The van der Waals surface area contributed by atoms with E-state index in [1.165, 1.54) is 6.42 Å². The Labute approximate surface area is 102 Å². The van der Waals surface area contributed by atoms with Crippen molar-refractivity contribution >= 4 is 11.6 Å². The number of hydrogen-bond acceptors (Lipinski definition) is 2. The molecule has 1 aliphatic carbocycles. The maximum atomic E-state index is 6.24. The lowest BCUT2D eigenvalue weighted by molar-refractivity contribution is 0.519. The van der Waals surface area contributed by atoms with Crippen molar-refractivity contribution in [3.63, 3.8) is 0 Å². The minimum Gasteiger partial charge on any atom is -0.308 e. The largest absolute Gasteiger partial charge is 0.308 e. The van der Waals surface area contributed by atoms with E-state index in [1.807, 2.05) is 11.6 Å². The van der Waals surface area contributed by atoms with Gasteiger partial charge in [-0.05, 0) is 25.7 Å². The van der Waals surface area contributed by atoms with Crippen LogP contribution in [-0.4, -0.2) is 15.8 Å². The molecule has 1 atom stereocenters. The zero-order chi connectivity index (χ0) is 11.9. The van der Waals surface area contributed by atoms with Gasteiger partial charge in [-0.1, -0.05) is 25.4 Å². The molecule has 0 aromatic carbocycles. The van der Waals surface area contributed by atoms with Crippen LogP contribution in [0.15, 0.2) is 0 Å². The van der Waals surface area contributed by atoms with Crippen molar-refractivity contribution in [2.75, 3.05) is 0 Å². The molecule has 16 heavy (non-hydrogen) atoms. The van der Waals surface area contributed by atoms with Gasteiger partial charge in [0.1, 0.15) is 0 Å². The van der Waals surface area contributed by atoms with E-state index in [9.17, 15) is 0 Å². The second-order valence-electron chi connectivity index (χ2n) is 5.29. The Morgan fingerprint density at radius 1 is 1.56 bits per heavy atom. The first-order valence-corrected chi connectivity index (χ1v) is 6.28. The number of rotatable bonds is 4. The van der Waals surface area contributed by atoms with Crippen molar-refractivity contribution in [2.24, 2.45) is 5.41 Å². The van der Waals surface area contributed by atoms with Gasteiger partial charge in [0.2, 0.25) is 0 Å². The highest BCUT2D eigenvalue weighted by atomic mass is 35.5. The van der Waals surface area contributed by atoms with Gasteiger partial charge >= 0.3 is 0 Å². The molecular weight excluding hydrogens is 222 g/mol. The fourth-order valence-electron chi connectivity index (χ4n) is 2.07. The van der Waals surface area contributed by atoms with E-state index in [0.29, 0.717) is 11.5 Å². The number of nitrogens with zero attached hydrogens (tertiary/aromatic N) is 2. The molecule has 0 amide bonds. The van der Waals surface area contributed by atoms with Crippen LogP contribution in [0.25, 0.3) is 0 Å². The smallest absolute Gasteiger partial charge is 0.0860 e. The van der Waals surface area contributed by atoms with Crippen molar-refractivity contribution in [3.8, 4) is 0 Å². The molecule has 1 aromatic rings. The van der Waals surface area contributed by atoms with Crippen molar-refractivity contribution in [2.45, 2.75) is 53.2 Å². The Morgan fingerprint density at radius 2 is 2.19 bits per heavy atom. The van der Waals surface area contributed by atoms with Crippen molar-refractivity contribution in [3.05, 3.63) is 16.4 Å². The molecule has 1 heterocycles. The summed E-state index contributed by atoms with van der Waals surface area (Å²) in [6, 6.07) is 0.629. The molecule has 0 saturated heterocycles. The second kappa shape index (κ2) is 4.04. The molecule has 1 N–H and O–H groups in total.